The van der Waals surface area contributed by atoms with Crippen LogP contribution in [0, 0.1) is 6.92 Å². The Labute approximate surface area is 197 Å². The van der Waals surface area contributed by atoms with Crippen molar-refractivity contribution in [1.82, 2.24) is 14.5 Å². The normalized spacial score (nSPS) is 13.9. The van der Waals surface area contributed by atoms with Gasteiger partial charge < -0.3 is 18.9 Å². The van der Waals surface area contributed by atoms with E-state index in [-0.39, 0.29) is 10.8 Å². The molecule has 176 valence electrons. The smallest absolute Gasteiger partial charge is 0.265 e. The zero-order valence-electron chi connectivity index (χ0n) is 18.9. The lowest BCUT2D eigenvalue weighted by Crippen LogP contribution is -2.27. The van der Waals surface area contributed by atoms with Crippen molar-refractivity contribution in [3.63, 3.8) is 0 Å². The molecule has 1 aliphatic rings. The molecule has 0 saturated carbocycles. The summed E-state index contributed by atoms with van der Waals surface area (Å²) in [6.45, 7) is 3.34. The third-order valence-electron chi connectivity index (χ3n) is 5.53. The summed E-state index contributed by atoms with van der Waals surface area (Å²) in [4.78, 5) is 19.9. The molecule has 3 aromatic rings. The van der Waals surface area contributed by atoms with Crippen molar-refractivity contribution in [1.29, 1.82) is 0 Å². The first kappa shape index (κ1) is 23.1. The molecule has 1 amide bonds. The lowest BCUT2D eigenvalue weighted by atomic mass is 10.3. The van der Waals surface area contributed by atoms with Crippen LogP contribution in [0.5, 0.6) is 11.5 Å². The number of nitrogens with one attached hydrogen (secondary N) is 1. The van der Waals surface area contributed by atoms with Gasteiger partial charge in [-0.25, -0.2) is 13.4 Å². The molecule has 0 aliphatic carbocycles. The Morgan fingerprint density at radius 3 is 2.48 bits per heavy atom. The number of hydrogen-bond acceptors (Lipinski definition) is 7. The minimum Gasteiger partial charge on any atom is -0.493 e. The van der Waals surface area contributed by atoms with E-state index in [2.05, 4.69) is 9.71 Å². The van der Waals surface area contributed by atoms with E-state index in [1.54, 1.807) is 35.9 Å². The van der Waals surface area contributed by atoms with Gasteiger partial charge >= 0.3 is 0 Å². The quantitative estimate of drug-likeness (QED) is 0.544. The lowest BCUT2D eigenvalue weighted by molar-refractivity contribution is 0.0796. The number of nitrogens with zero attached hydrogens (tertiary/aromatic N) is 3. The Bertz CT molecular complexity index is 1290. The predicted molar refractivity (Wildman–Crippen MR) is 127 cm³/mol. The maximum Gasteiger partial charge on any atom is 0.265 e. The number of hydrogen-bond donors (Lipinski definition) is 1. The predicted octanol–water partition coefficient (Wildman–Crippen LogP) is 3.51. The van der Waals surface area contributed by atoms with E-state index in [4.69, 9.17) is 9.47 Å². The number of rotatable bonds is 7. The second-order valence-corrected chi connectivity index (χ2v) is 10.5. The van der Waals surface area contributed by atoms with Crippen molar-refractivity contribution in [3.8, 4) is 22.2 Å². The van der Waals surface area contributed by atoms with Gasteiger partial charge in [-0.3, -0.25) is 9.52 Å². The van der Waals surface area contributed by atoms with Crippen LogP contribution in [0.1, 0.15) is 28.2 Å². The molecule has 1 fully saturated rings. The molecular weight excluding hydrogens is 464 g/mol. The fourth-order valence-electron chi connectivity index (χ4n) is 3.78. The van der Waals surface area contributed by atoms with Crippen molar-refractivity contribution in [2.75, 3.05) is 32.0 Å². The van der Waals surface area contributed by atoms with Crippen LogP contribution in [0.4, 0.5) is 5.69 Å². The number of benzene rings is 1. The lowest BCUT2D eigenvalue weighted by Gasteiger charge is -2.13. The summed E-state index contributed by atoms with van der Waals surface area (Å²) in [6, 6.07) is 6.35. The van der Waals surface area contributed by atoms with Crippen molar-refractivity contribution < 1.29 is 22.7 Å². The molecule has 1 saturated heterocycles. The Morgan fingerprint density at radius 2 is 1.82 bits per heavy atom. The first-order valence-corrected chi connectivity index (χ1v) is 12.7. The monoisotopic (exact) mass is 490 g/mol. The molecule has 0 atom stereocenters. The summed E-state index contributed by atoms with van der Waals surface area (Å²) in [7, 11) is 0.884. The standard InChI is InChI=1S/C22H26N4O5S2/c1-14-20(22(27)26-9-5-6-10-26)32-21(23-14)17-12-16(13-25(17)2)33(28,29)24-15-7-8-18(30-3)19(11-15)31-4/h7-8,11-13,24H,5-6,9-10H2,1-4H3. The maximum atomic E-state index is 13.0. The molecule has 1 aromatic carbocycles. The number of amides is 1. The van der Waals surface area contributed by atoms with Crippen molar-refractivity contribution in [3.05, 3.63) is 41.0 Å². The van der Waals surface area contributed by atoms with Gasteiger partial charge in [-0.15, -0.1) is 11.3 Å². The van der Waals surface area contributed by atoms with Gasteiger partial charge in [0.25, 0.3) is 15.9 Å². The molecule has 4 rings (SSSR count). The first-order chi connectivity index (χ1) is 15.7. The van der Waals surface area contributed by atoms with Gasteiger partial charge in [0.2, 0.25) is 0 Å². The average Bonchev–Trinajstić information content (AvgIpc) is 3.53. The van der Waals surface area contributed by atoms with E-state index < -0.39 is 10.0 Å². The highest BCUT2D eigenvalue weighted by atomic mass is 32.2. The maximum absolute atomic E-state index is 13.0. The topological polar surface area (TPSA) is 103 Å². The summed E-state index contributed by atoms with van der Waals surface area (Å²) in [5.41, 5.74) is 1.62. The van der Waals surface area contributed by atoms with E-state index in [0.29, 0.717) is 38.5 Å². The number of ether oxygens (including phenoxy) is 2. The summed E-state index contributed by atoms with van der Waals surface area (Å²) in [5, 5.41) is 0.602. The number of sulfonamides is 1. The van der Waals surface area contributed by atoms with E-state index in [9.17, 15) is 13.2 Å². The van der Waals surface area contributed by atoms with E-state index in [1.165, 1.54) is 31.8 Å². The zero-order chi connectivity index (χ0) is 23.8. The highest BCUT2D eigenvalue weighted by Crippen LogP contribution is 2.33. The van der Waals surface area contributed by atoms with Crippen LogP contribution in [0.15, 0.2) is 35.4 Å². The van der Waals surface area contributed by atoms with Gasteiger partial charge in [-0.05, 0) is 38.0 Å². The second-order valence-electron chi connectivity index (χ2n) is 7.78. The largest absolute Gasteiger partial charge is 0.493 e. The van der Waals surface area contributed by atoms with E-state index in [1.807, 2.05) is 11.8 Å². The molecule has 33 heavy (non-hydrogen) atoms. The summed E-state index contributed by atoms with van der Waals surface area (Å²) >= 11 is 1.29. The van der Waals surface area contributed by atoms with Crippen LogP contribution in [0.25, 0.3) is 10.7 Å². The highest BCUT2D eigenvalue weighted by molar-refractivity contribution is 7.92. The fraction of sp³-hybridized carbons (Fsp3) is 0.364. The van der Waals surface area contributed by atoms with Gasteiger partial charge in [0.15, 0.2) is 11.5 Å². The molecule has 9 nitrogen and oxygen atoms in total. The summed E-state index contributed by atoms with van der Waals surface area (Å²) in [6.07, 6.45) is 3.56. The molecule has 11 heteroatoms. The number of carbonyl (C=O) groups is 1. The van der Waals surface area contributed by atoms with Gasteiger partial charge in [0.05, 0.1) is 31.3 Å². The van der Waals surface area contributed by atoms with Crippen LogP contribution in [0.2, 0.25) is 0 Å². The number of carbonyl (C=O) groups excluding carboxylic acids is 1. The minimum atomic E-state index is -3.87. The van der Waals surface area contributed by atoms with Crippen LogP contribution in [0.3, 0.4) is 0 Å². The third-order valence-corrected chi connectivity index (χ3v) is 8.05. The molecular formula is C22H26N4O5S2. The zero-order valence-corrected chi connectivity index (χ0v) is 20.5. The van der Waals surface area contributed by atoms with Crippen molar-refractivity contribution in [2.24, 2.45) is 7.05 Å². The molecule has 0 bridgehead atoms. The summed E-state index contributed by atoms with van der Waals surface area (Å²) in [5.74, 6) is 0.909. The molecule has 1 N–H and O–H groups in total. The van der Waals surface area contributed by atoms with Crippen LogP contribution in [-0.4, -0.2) is 56.1 Å². The van der Waals surface area contributed by atoms with Crippen LogP contribution < -0.4 is 14.2 Å². The molecule has 0 spiro atoms. The number of aromatic nitrogens is 2. The minimum absolute atomic E-state index is 0.00840. The number of anilines is 1. The van der Waals surface area contributed by atoms with Gasteiger partial charge in [0.1, 0.15) is 14.8 Å². The number of methoxy groups -OCH3 is 2. The SMILES string of the molecule is COc1ccc(NS(=O)(=O)c2cc(-c3nc(C)c(C(=O)N4CCCC4)s3)n(C)c2)cc1OC. The molecule has 1 aliphatic heterocycles. The van der Waals surface area contributed by atoms with Crippen LogP contribution >= 0.6 is 11.3 Å². The Kier molecular flexibility index (Phi) is 6.35. The Hall–Kier alpha value is -3.05. The number of likely N-dealkylation sites (tertiary alicyclic amines) is 1. The number of thiazole rings is 1. The second kappa shape index (κ2) is 9.06. The van der Waals surface area contributed by atoms with Crippen LogP contribution in [-0.2, 0) is 17.1 Å². The Balaban J connectivity index is 1.61. The fourth-order valence-corrected chi connectivity index (χ4v) is 5.99. The van der Waals surface area contributed by atoms with Crippen molar-refractivity contribution >= 4 is 33.0 Å². The summed E-state index contributed by atoms with van der Waals surface area (Å²) < 4.78 is 40.8. The Morgan fingerprint density at radius 1 is 1.12 bits per heavy atom. The van der Waals surface area contributed by atoms with Gasteiger partial charge in [0, 0.05) is 32.4 Å². The van der Waals surface area contributed by atoms with E-state index >= 15 is 0 Å². The average molecular weight is 491 g/mol. The third kappa shape index (κ3) is 4.55. The molecule has 0 radical (unpaired) electrons. The molecule has 0 unspecified atom stereocenters. The first-order valence-electron chi connectivity index (χ1n) is 10.4. The van der Waals surface area contributed by atoms with Gasteiger partial charge in [-0.2, -0.15) is 0 Å². The van der Waals surface area contributed by atoms with E-state index in [0.717, 1.165) is 25.9 Å². The van der Waals surface area contributed by atoms with Gasteiger partial charge in [-0.1, -0.05) is 0 Å². The van der Waals surface area contributed by atoms with Crippen molar-refractivity contribution in [2.45, 2.75) is 24.7 Å². The molecule has 2 aromatic heterocycles. The molecule has 3 heterocycles. The number of aryl methyl sites for hydroxylation is 2. The highest BCUT2D eigenvalue weighted by Gasteiger charge is 2.26.